The van der Waals surface area contributed by atoms with Gasteiger partial charge in [0.25, 0.3) is 0 Å². The Morgan fingerprint density at radius 3 is 1.03 bits per heavy atom. The predicted octanol–water partition coefficient (Wildman–Crippen LogP) is 10.5. The van der Waals surface area contributed by atoms with Crippen molar-refractivity contribution >= 4 is 47.5 Å². The third-order valence-electron chi connectivity index (χ3n) is 21.1. The van der Waals surface area contributed by atoms with E-state index in [9.17, 15) is 56.6 Å². The van der Waals surface area contributed by atoms with Crippen molar-refractivity contribution in [3.63, 3.8) is 0 Å². The molecule has 15 N–H and O–H groups in total. The first kappa shape index (κ1) is 81.9. The number of amides is 4. The SMILES string of the molecule is NCCC(C(=O)N1Cc2[nH]nc(-c3ccc(C(=O)O)cc3)c2C1)c1ccc(F)cc1.NCCC(C(=O)N1Cc2[nH]nc(-c3ccc(C(=O)O)cc3)c2C1)c1cccc(F)c1.NCCC(C(=O)N1Cc2[nH]nc(-c3ccc(C(=O)O)cc3)c2C1)c1ccccc1F.O=C(O)c1ccc(-c2n[nH]c3c2CN(C(=O)C(CO)c2cccnc2)C3)cc1. The molecule has 4 aliphatic heterocycles. The molecule has 32 heteroatoms. The topological polar surface area (TPSA) is 456 Å². The maximum Gasteiger partial charge on any atom is 0.335 e. The van der Waals surface area contributed by atoms with Gasteiger partial charge in [-0.2, -0.15) is 20.4 Å². The number of fused-ring (bicyclic) bond motifs is 4. The highest BCUT2D eigenvalue weighted by Gasteiger charge is 2.38. The van der Waals surface area contributed by atoms with Crippen LogP contribution in [0.15, 0.2) is 194 Å². The molecule has 16 rings (SSSR count). The lowest BCUT2D eigenvalue weighted by Gasteiger charge is -2.23. The Kier molecular flexibility index (Phi) is 25.4. The number of carbonyl (C=O) groups is 8. The van der Waals surface area contributed by atoms with E-state index in [1.54, 1.807) is 135 Å². The van der Waals surface area contributed by atoms with Crippen molar-refractivity contribution in [2.75, 3.05) is 26.2 Å². The number of carboxylic acids is 4. The number of aliphatic hydroxyl groups is 1. The van der Waals surface area contributed by atoms with Gasteiger partial charge in [-0.05, 0) is 141 Å². The maximum atomic E-state index is 14.3. The molecule has 118 heavy (non-hydrogen) atoms. The number of aromatic nitrogens is 9. The van der Waals surface area contributed by atoms with Crippen molar-refractivity contribution in [2.24, 2.45) is 17.2 Å². The number of halogens is 3. The lowest BCUT2D eigenvalue weighted by atomic mass is 9.93. The highest BCUT2D eigenvalue weighted by molar-refractivity contribution is 5.92. The van der Waals surface area contributed by atoms with Crippen LogP contribution in [-0.4, -0.2) is 165 Å². The Hall–Kier alpha value is -14.1. The van der Waals surface area contributed by atoms with E-state index in [0.717, 1.165) is 72.8 Å². The number of aromatic amines is 4. The van der Waals surface area contributed by atoms with Crippen LogP contribution in [0.1, 0.15) is 152 Å². The average Bonchev–Trinajstić information content (AvgIpc) is 1.64. The number of benzene rings is 7. The van der Waals surface area contributed by atoms with E-state index < -0.39 is 53.4 Å². The number of carbonyl (C=O) groups excluding carboxylic acids is 4. The van der Waals surface area contributed by atoms with E-state index in [2.05, 4.69) is 45.8 Å². The third kappa shape index (κ3) is 18.0. The molecule has 4 unspecified atom stereocenters. The minimum Gasteiger partial charge on any atom is -0.478 e. The largest absolute Gasteiger partial charge is 0.478 e. The van der Waals surface area contributed by atoms with Crippen molar-refractivity contribution in [3.8, 4) is 45.0 Å². The lowest BCUT2D eigenvalue weighted by molar-refractivity contribution is -0.135. The van der Waals surface area contributed by atoms with E-state index in [4.69, 9.17) is 37.6 Å². The van der Waals surface area contributed by atoms with Crippen LogP contribution in [0.5, 0.6) is 0 Å². The van der Waals surface area contributed by atoms with Gasteiger partial charge < -0.3 is 62.3 Å². The number of pyridine rings is 1. The van der Waals surface area contributed by atoms with Gasteiger partial charge in [-0.25, -0.2) is 32.3 Å². The number of rotatable bonds is 23. The standard InChI is InChI=1S/3C22H21FN4O3.C20H18N4O4/c23-16-7-5-13(6-8-16)17(9-10-24)21(28)27-11-18-19(12-27)25-26-20(18)14-1-3-15(4-2-14)22(29)30;23-16-3-1-2-15(10-16)17(8-9-24)21(28)27-11-18-19(12-27)25-26-20(18)13-4-6-14(7-5-13)22(29)30;23-18-4-2-1-3-15(18)16(9-10-24)21(28)27-11-17-19(12-27)25-26-20(17)13-5-7-14(8-6-13)22(29)30;25-11-16(14-2-1-7-21-8-14)19(26)24-9-15-17(10-24)22-23-18(15)12-3-5-13(6-4-12)20(27)28/h1-8,17H,9-12,24H2,(H,25,26)(H,29,30);1-7,10,17H,8-9,11-12,24H2,(H,25,26)(H,29,30);1-8,16H,9-12,24H2,(H,25,26)(H,29,30);1-8,16,25H,9-11H2,(H,22,23)(H,27,28). The summed E-state index contributed by atoms with van der Waals surface area (Å²) < 4.78 is 41.3. The summed E-state index contributed by atoms with van der Waals surface area (Å²) >= 11 is 0. The first-order chi connectivity index (χ1) is 57.0. The molecular formula is C86H81F3N16O13. The lowest BCUT2D eigenvalue weighted by Crippen LogP contribution is -2.32. The van der Waals surface area contributed by atoms with Crippen LogP contribution in [0, 0.1) is 17.5 Å². The number of nitrogens with two attached hydrogens (primary N) is 3. The van der Waals surface area contributed by atoms with Gasteiger partial charge in [-0.1, -0.05) is 97.1 Å². The summed E-state index contributed by atoms with van der Waals surface area (Å²) in [5.74, 6) is -7.90. The van der Waals surface area contributed by atoms with Crippen LogP contribution in [0.3, 0.4) is 0 Å². The maximum absolute atomic E-state index is 14.3. The number of aliphatic hydroxyl groups excluding tert-OH is 1. The van der Waals surface area contributed by atoms with Crippen LogP contribution in [0.2, 0.25) is 0 Å². The molecule has 4 amide bonds. The van der Waals surface area contributed by atoms with Gasteiger partial charge >= 0.3 is 23.9 Å². The molecule has 5 aromatic heterocycles. The zero-order chi connectivity index (χ0) is 83.4. The smallest absolute Gasteiger partial charge is 0.335 e. The van der Waals surface area contributed by atoms with Crippen LogP contribution in [0.4, 0.5) is 13.2 Å². The first-order valence-corrected chi connectivity index (χ1v) is 37.6. The summed E-state index contributed by atoms with van der Waals surface area (Å²) in [5, 5.41) is 75.3. The van der Waals surface area contributed by atoms with Gasteiger partial charge in [0.2, 0.25) is 23.6 Å². The molecule has 4 atom stereocenters. The number of H-pyrrole nitrogens is 4. The minimum absolute atomic E-state index is 0.0659. The van der Waals surface area contributed by atoms with Crippen molar-refractivity contribution < 1.29 is 77.1 Å². The Bertz CT molecular complexity index is 5670. The summed E-state index contributed by atoms with van der Waals surface area (Å²) in [6, 6.07) is 47.6. The highest BCUT2D eigenvalue weighted by Crippen LogP contribution is 2.39. The van der Waals surface area contributed by atoms with Gasteiger partial charge in [0.15, 0.2) is 0 Å². The van der Waals surface area contributed by atoms with Crippen molar-refractivity contribution in [1.29, 1.82) is 0 Å². The average molecular weight is 1600 g/mol. The monoisotopic (exact) mass is 1600 g/mol. The number of nitrogens with zero attached hydrogens (tertiary/aromatic N) is 9. The molecule has 0 aliphatic carbocycles. The molecule has 604 valence electrons. The molecule has 12 aromatic rings. The molecule has 9 heterocycles. The Labute approximate surface area is 672 Å². The molecule has 0 spiro atoms. The predicted molar refractivity (Wildman–Crippen MR) is 423 cm³/mol. The molecule has 4 aliphatic rings. The van der Waals surface area contributed by atoms with Gasteiger partial charge in [0.05, 0.1) is 150 Å². The first-order valence-electron chi connectivity index (χ1n) is 37.6. The normalized spacial score (nSPS) is 13.9. The highest BCUT2D eigenvalue weighted by atomic mass is 19.1. The Balaban J connectivity index is 0.000000136. The zero-order valence-corrected chi connectivity index (χ0v) is 63.3. The second-order valence-corrected chi connectivity index (χ2v) is 28.5. The molecule has 0 saturated heterocycles. The molecule has 0 fully saturated rings. The number of hydrogen-bond donors (Lipinski definition) is 12. The fourth-order valence-corrected chi connectivity index (χ4v) is 15.0. The Morgan fingerprint density at radius 2 is 0.703 bits per heavy atom. The fraction of sp³-hybridized carbons (Fsp3) is 0.221. The van der Waals surface area contributed by atoms with Crippen molar-refractivity contribution in [1.82, 2.24) is 65.4 Å². The van der Waals surface area contributed by atoms with E-state index in [-0.39, 0.29) is 70.7 Å². The van der Waals surface area contributed by atoms with Crippen LogP contribution in [-0.2, 0) is 71.5 Å². The van der Waals surface area contributed by atoms with Crippen LogP contribution >= 0.6 is 0 Å². The second kappa shape index (κ2) is 36.6. The van der Waals surface area contributed by atoms with Gasteiger partial charge in [0.1, 0.15) is 17.5 Å². The van der Waals surface area contributed by atoms with Crippen LogP contribution < -0.4 is 17.2 Å². The molecule has 0 bridgehead atoms. The number of carboxylic acid groups (broad SMARTS) is 4. The quantitative estimate of drug-likeness (QED) is 0.0283. The summed E-state index contributed by atoms with van der Waals surface area (Å²) in [5.41, 5.74) is 33.1. The summed E-state index contributed by atoms with van der Waals surface area (Å²) in [6.45, 7) is 3.62. The fourth-order valence-electron chi connectivity index (χ4n) is 15.0. The molecule has 0 radical (unpaired) electrons. The minimum atomic E-state index is -0.996. The number of nitrogens with one attached hydrogen (secondary N) is 4. The van der Waals surface area contributed by atoms with Gasteiger partial charge in [-0.15, -0.1) is 0 Å². The number of aromatic carboxylic acids is 4. The zero-order valence-electron chi connectivity index (χ0n) is 63.3. The third-order valence-corrected chi connectivity index (χ3v) is 21.1. The molecule has 0 saturated carbocycles. The van der Waals surface area contributed by atoms with Crippen LogP contribution in [0.25, 0.3) is 45.0 Å². The summed E-state index contributed by atoms with van der Waals surface area (Å²) in [4.78, 5) is 108. The Morgan fingerprint density at radius 1 is 0.364 bits per heavy atom. The van der Waals surface area contributed by atoms with Gasteiger partial charge in [-0.3, -0.25) is 44.6 Å². The summed E-state index contributed by atoms with van der Waals surface area (Å²) in [6.07, 6.45) is 4.46. The van der Waals surface area contributed by atoms with Gasteiger partial charge in [0, 0.05) is 62.5 Å². The van der Waals surface area contributed by atoms with Crippen molar-refractivity contribution in [2.45, 2.75) is 95.3 Å². The van der Waals surface area contributed by atoms with E-state index >= 15 is 0 Å². The number of hydrogen-bond acceptors (Lipinski definition) is 17. The molecule has 7 aromatic carbocycles. The molecular weight excluding hydrogens is 1520 g/mol. The van der Waals surface area contributed by atoms with E-state index in [1.165, 1.54) is 78.9 Å². The van der Waals surface area contributed by atoms with E-state index in [0.29, 0.717) is 124 Å². The van der Waals surface area contributed by atoms with Crippen molar-refractivity contribution in [3.05, 3.63) is 301 Å². The molecule has 29 nitrogen and oxygen atoms in total. The summed E-state index contributed by atoms with van der Waals surface area (Å²) in [7, 11) is 0. The van der Waals surface area contributed by atoms with E-state index in [1.807, 2.05) is 0 Å². The second-order valence-electron chi connectivity index (χ2n) is 28.5.